The predicted molar refractivity (Wildman–Crippen MR) is 120 cm³/mol. The summed E-state index contributed by atoms with van der Waals surface area (Å²) in [6.45, 7) is 5.22. The number of aromatic hydroxyl groups is 1. The first-order valence-corrected chi connectivity index (χ1v) is 11.4. The highest BCUT2D eigenvalue weighted by molar-refractivity contribution is 5.73. The minimum absolute atomic E-state index is 0.216. The maximum absolute atomic E-state index is 12.6. The van der Waals surface area contributed by atoms with Gasteiger partial charge in [0, 0.05) is 50.6 Å². The lowest BCUT2D eigenvalue weighted by molar-refractivity contribution is -0.132. The Bertz CT molecular complexity index is 832. The predicted octanol–water partition coefficient (Wildman–Crippen LogP) is 4.79. The number of phenols is 1. The molecule has 0 radical (unpaired) electrons. The largest absolute Gasteiger partial charge is 0.508 e. The van der Waals surface area contributed by atoms with Crippen LogP contribution in [0.1, 0.15) is 56.1 Å². The Morgan fingerprint density at radius 3 is 2.40 bits per heavy atom. The van der Waals surface area contributed by atoms with Gasteiger partial charge in [-0.1, -0.05) is 67.8 Å². The van der Waals surface area contributed by atoms with Crippen LogP contribution in [0, 0.1) is 5.92 Å². The van der Waals surface area contributed by atoms with Gasteiger partial charge >= 0.3 is 0 Å². The second-order valence-corrected chi connectivity index (χ2v) is 9.06. The monoisotopic (exact) mass is 406 g/mol. The molecule has 4 nitrogen and oxygen atoms in total. The van der Waals surface area contributed by atoms with Gasteiger partial charge in [0.05, 0.1) is 0 Å². The van der Waals surface area contributed by atoms with E-state index in [1.165, 1.54) is 24.8 Å². The number of phenolic OH excluding ortho intramolecular Hbond substituents is 1. The fraction of sp³-hybridized carbons (Fsp3) is 0.500. The summed E-state index contributed by atoms with van der Waals surface area (Å²) < 4.78 is 0. The third-order valence-electron chi connectivity index (χ3n) is 6.98. The molecule has 4 rings (SSSR count). The quantitative estimate of drug-likeness (QED) is 0.750. The molecular formula is C26H34N2O2. The van der Waals surface area contributed by atoms with Crippen molar-refractivity contribution in [1.82, 2.24) is 9.80 Å². The van der Waals surface area contributed by atoms with E-state index in [1.807, 2.05) is 18.2 Å². The summed E-state index contributed by atoms with van der Waals surface area (Å²) in [7, 11) is 0. The first-order chi connectivity index (χ1) is 14.6. The van der Waals surface area contributed by atoms with Crippen molar-refractivity contribution in [3.8, 4) is 5.75 Å². The highest BCUT2D eigenvalue weighted by Crippen LogP contribution is 2.36. The van der Waals surface area contributed by atoms with Gasteiger partial charge in [0.15, 0.2) is 0 Å². The van der Waals surface area contributed by atoms with E-state index in [0.717, 1.165) is 44.6 Å². The fourth-order valence-corrected chi connectivity index (χ4v) is 5.42. The number of hydrogen-bond acceptors (Lipinski definition) is 3. The molecular weight excluding hydrogens is 372 g/mol. The smallest absolute Gasteiger partial charge is 0.219 e. The van der Waals surface area contributed by atoms with Crippen LogP contribution >= 0.6 is 0 Å². The van der Waals surface area contributed by atoms with Crippen molar-refractivity contribution in [3.05, 3.63) is 65.7 Å². The van der Waals surface area contributed by atoms with Crippen LogP contribution < -0.4 is 0 Å². The lowest BCUT2D eigenvalue weighted by Gasteiger charge is -2.36. The molecule has 0 bridgehead atoms. The zero-order valence-corrected chi connectivity index (χ0v) is 18.0. The molecule has 4 heteroatoms. The average Bonchev–Trinajstić information content (AvgIpc) is 3.17. The van der Waals surface area contributed by atoms with E-state index in [4.69, 9.17) is 0 Å². The fourth-order valence-electron chi connectivity index (χ4n) is 5.42. The third-order valence-corrected chi connectivity index (χ3v) is 6.98. The topological polar surface area (TPSA) is 43.8 Å². The molecule has 1 N–H and O–H groups in total. The van der Waals surface area contributed by atoms with Gasteiger partial charge in [-0.15, -0.1) is 0 Å². The van der Waals surface area contributed by atoms with Gasteiger partial charge in [-0.25, -0.2) is 0 Å². The Balaban J connectivity index is 1.53. The molecule has 0 aromatic heterocycles. The number of carbonyl (C=O) groups is 1. The van der Waals surface area contributed by atoms with Crippen molar-refractivity contribution in [2.45, 2.75) is 57.5 Å². The van der Waals surface area contributed by atoms with E-state index in [1.54, 1.807) is 13.0 Å². The summed E-state index contributed by atoms with van der Waals surface area (Å²) in [5, 5.41) is 10.2. The summed E-state index contributed by atoms with van der Waals surface area (Å²) in [6.07, 6.45) is 6.06. The van der Waals surface area contributed by atoms with Crippen LogP contribution in [0.25, 0.3) is 0 Å². The van der Waals surface area contributed by atoms with Gasteiger partial charge in [-0.2, -0.15) is 0 Å². The van der Waals surface area contributed by atoms with Gasteiger partial charge in [0.25, 0.3) is 0 Å². The van der Waals surface area contributed by atoms with Gasteiger partial charge in [-0.3, -0.25) is 9.69 Å². The highest BCUT2D eigenvalue weighted by Gasteiger charge is 2.37. The summed E-state index contributed by atoms with van der Waals surface area (Å²) in [5.74, 6) is 1.39. The molecule has 1 heterocycles. The Morgan fingerprint density at radius 1 is 1.00 bits per heavy atom. The Morgan fingerprint density at radius 2 is 1.70 bits per heavy atom. The number of hydrogen-bond donors (Lipinski definition) is 1. The maximum Gasteiger partial charge on any atom is 0.219 e. The minimum Gasteiger partial charge on any atom is -0.508 e. The lowest BCUT2D eigenvalue weighted by Crippen LogP contribution is -2.44. The summed E-state index contributed by atoms with van der Waals surface area (Å²) in [5.41, 5.74) is 2.33. The van der Waals surface area contributed by atoms with Crippen LogP contribution in [0.4, 0.5) is 0 Å². The first kappa shape index (κ1) is 20.9. The minimum atomic E-state index is 0.216. The maximum atomic E-state index is 12.6. The Kier molecular flexibility index (Phi) is 6.73. The van der Waals surface area contributed by atoms with Gasteiger partial charge < -0.3 is 10.0 Å². The SMILES string of the molecule is CC(=O)N(CC1CN(Cc2ccccc2O)CC1c1ccccc1)C1CCCCC1. The van der Waals surface area contributed by atoms with Gasteiger partial charge in [0.1, 0.15) is 5.75 Å². The molecule has 30 heavy (non-hydrogen) atoms. The number of rotatable bonds is 6. The van der Waals surface area contributed by atoms with Crippen molar-refractivity contribution in [1.29, 1.82) is 0 Å². The van der Waals surface area contributed by atoms with Crippen LogP contribution in [0.3, 0.4) is 0 Å². The number of benzene rings is 2. The molecule has 2 unspecified atom stereocenters. The van der Waals surface area contributed by atoms with E-state index < -0.39 is 0 Å². The van der Waals surface area contributed by atoms with E-state index >= 15 is 0 Å². The molecule has 2 aromatic carbocycles. The van der Waals surface area contributed by atoms with Crippen molar-refractivity contribution in [3.63, 3.8) is 0 Å². The highest BCUT2D eigenvalue weighted by atomic mass is 16.3. The Labute approximate surface area is 180 Å². The standard InChI is InChI=1S/C26H34N2O2/c1-20(29)28(24-13-6-3-7-14-24)18-23-17-27(16-22-12-8-9-15-26(22)30)19-25(23)21-10-4-2-5-11-21/h2,4-5,8-12,15,23-25,30H,3,6-7,13-14,16-19H2,1H3. The molecule has 2 atom stereocenters. The molecule has 2 fully saturated rings. The van der Waals surface area contributed by atoms with E-state index in [0.29, 0.717) is 23.6 Å². The summed E-state index contributed by atoms with van der Waals surface area (Å²) >= 11 is 0. The zero-order chi connectivity index (χ0) is 20.9. The van der Waals surface area contributed by atoms with E-state index in [2.05, 4.69) is 40.1 Å². The average molecular weight is 407 g/mol. The van der Waals surface area contributed by atoms with Crippen molar-refractivity contribution in [2.75, 3.05) is 19.6 Å². The number of likely N-dealkylation sites (tertiary alicyclic amines) is 1. The van der Waals surface area contributed by atoms with Gasteiger partial charge in [0.2, 0.25) is 5.91 Å². The molecule has 160 valence electrons. The molecule has 0 spiro atoms. The molecule has 1 aliphatic heterocycles. The molecule has 1 saturated carbocycles. The normalized spacial score (nSPS) is 22.8. The number of carbonyl (C=O) groups excluding carboxylic acids is 1. The lowest BCUT2D eigenvalue weighted by atomic mass is 9.87. The van der Waals surface area contributed by atoms with Crippen LogP contribution in [0.15, 0.2) is 54.6 Å². The zero-order valence-electron chi connectivity index (χ0n) is 18.0. The molecule has 2 aliphatic rings. The van der Waals surface area contributed by atoms with E-state index in [-0.39, 0.29) is 5.91 Å². The first-order valence-electron chi connectivity index (χ1n) is 11.4. The third kappa shape index (κ3) is 4.86. The summed E-state index contributed by atoms with van der Waals surface area (Å²) in [6, 6.07) is 18.8. The Hall–Kier alpha value is -2.33. The van der Waals surface area contributed by atoms with Crippen LogP contribution in [-0.2, 0) is 11.3 Å². The number of para-hydroxylation sites is 1. The van der Waals surface area contributed by atoms with Crippen molar-refractivity contribution < 1.29 is 9.90 Å². The van der Waals surface area contributed by atoms with Crippen LogP contribution in [0.2, 0.25) is 0 Å². The summed E-state index contributed by atoms with van der Waals surface area (Å²) in [4.78, 5) is 17.2. The number of nitrogens with zero attached hydrogens (tertiary/aromatic N) is 2. The van der Waals surface area contributed by atoms with E-state index in [9.17, 15) is 9.90 Å². The molecule has 1 aliphatic carbocycles. The van der Waals surface area contributed by atoms with Crippen LogP contribution in [0.5, 0.6) is 5.75 Å². The molecule has 1 saturated heterocycles. The van der Waals surface area contributed by atoms with Crippen molar-refractivity contribution >= 4 is 5.91 Å². The van der Waals surface area contributed by atoms with Crippen molar-refractivity contribution in [2.24, 2.45) is 5.92 Å². The van der Waals surface area contributed by atoms with Crippen LogP contribution in [-0.4, -0.2) is 46.5 Å². The number of amides is 1. The van der Waals surface area contributed by atoms with Gasteiger partial charge in [-0.05, 0) is 30.4 Å². The molecule has 1 amide bonds. The molecule has 2 aromatic rings. The second-order valence-electron chi connectivity index (χ2n) is 9.06. The second kappa shape index (κ2) is 9.65.